The van der Waals surface area contributed by atoms with Crippen LogP contribution in [0.1, 0.15) is 17.0 Å². The third-order valence-corrected chi connectivity index (χ3v) is 1.97. The first kappa shape index (κ1) is 6.88. The Balaban J connectivity index is 2.20. The fraction of sp³-hybridized carbons (Fsp3) is 0.500. The van der Waals surface area contributed by atoms with Gasteiger partial charge < -0.3 is 15.5 Å². The zero-order chi connectivity index (χ0) is 7.68. The molecule has 1 aliphatic rings. The van der Waals surface area contributed by atoms with Gasteiger partial charge in [-0.25, -0.2) is 0 Å². The van der Waals surface area contributed by atoms with E-state index in [0.717, 1.165) is 19.6 Å². The minimum Gasteiger partial charge on any atom is -0.370 e. The van der Waals surface area contributed by atoms with E-state index in [9.17, 15) is 0 Å². The van der Waals surface area contributed by atoms with Crippen LogP contribution in [0.3, 0.4) is 0 Å². The molecule has 1 aromatic rings. The van der Waals surface area contributed by atoms with Crippen LogP contribution in [0.2, 0.25) is 0 Å². The molecule has 0 saturated heterocycles. The molecule has 3 nitrogen and oxygen atoms in total. The summed E-state index contributed by atoms with van der Waals surface area (Å²) in [4.78, 5) is 3.29. The smallest absolute Gasteiger partial charge is 0.0874 e. The highest BCUT2D eigenvalue weighted by molar-refractivity contribution is 5.27. The maximum Gasteiger partial charge on any atom is 0.0874 e. The highest BCUT2D eigenvalue weighted by Crippen LogP contribution is 2.19. The molecule has 0 unspecified atom stereocenters. The van der Waals surface area contributed by atoms with Crippen molar-refractivity contribution >= 4 is 0 Å². The SMILES string of the molecule is NCCc1cc2c([nH]1)COC2. The molecule has 0 aromatic carbocycles. The van der Waals surface area contributed by atoms with Crippen molar-refractivity contribution in [1.82, 2.24) is 4.98 Å². The summed E-state index contributed by atoms with van der Waals surface area (Å²) in [6.07, 6.45) is 0.938. The molecule has 2 heterocycles. The van der Waals surface area contributed by atoms with Crippen molar-refractivity contribution in [3.63, 3.8) is 0 Å². The number of fused-ring (bicyclic) bond motifs is 1. The molecule has 0 fully saturated rings. The van der Waals surface area contributed by atoms with Gasteiger partial charge >= 0.3 is 0 Å². The number of rotatable bonds is 2. The lowest BCUT2D eigenvalue weighted by molar-refractivity contribution is 0.132. The van der Waals surface area contributed by atoms with Crippen molar-refractivity contribution < 1.29 is 4.74 Å². The lowest BCUT2D eigenvalue weighted by atomic mass is 10.2. The molecule has 0 saturated carbocycles. The first-order valence-electron chi connectivity index (χ1n) is 3.87. The maximum atomic E-state index is 5.43. The van der Waals surface area contributed by atoms with Gasteiger partial charge in [0.25, 0.3) is 0 Å². The summed E-state index contributed by atoms with van der Waals surface area (Å²) >= 11 is 0. The Labute approximate surface area is 65.5 Å². The molecule has 11 heavy (non-hydrogen) atoms. The van der Waals surface area contributed by atoms with Crippen molar-refractivity contribution in [1.29, 1.82) is 0 Å². The number of aromatic nitrogens is 1. The summed E-state index contributed by atoms with van der Waals surface area (Å²) in [5.74, 6) is 0. The number of nitrogens with one attached hydrogen (secondary N) is 1. The molecule has 0 radical (unpaired) electrons. The van der Waals surface area contributed by atoms with Crippen molar-refractivity contribution in [2.45, 2.75) is 19.6 Å². The van der Waals surface area contributed by atoms with Gasteiger partial charge in [0.2, 0.25) is 0 Å². The molecule has 0 spiro atoms. The first-order chi connectivity index (χ1) is 5.40. The van der Waals surface area contributed by atoms with Gasteiger partial charge in [-0.15, -0.1) is 0 Å². The summed E-state index contributed by atoms with van der Waals surface area (Å²) < 4.78 is 5.23. The molecular formula is C8H12N2O. The Bertz CT molecular complexity index is 233. The van der Waals surface area contributed by atoms with Crippen LogP contribution in [0.4, 0.5) is 0 Å². The van der Waals surface area contributed by atoms with Crippen LogP contribution in [0.5, 0.6) is 0 Å². The molecule has 60 valence electrons. The van der Waals surface area contributed by atoms with Crippen molar-refractivity contribution in [2.24, 2.45) is 5.73 Å². The molecule has 3 N–H and O–H groups in total. The average Bonchev–Trinajstić information content (AvgIpc) is 2.46. The summed E-state index contributed by atoms with van der Waals surface area (Å²) in [5, 5.41) is 0. The summed E-state index contributed by atoms with van der Waals surface area (Å²) in [7, 11) is 0. The van der Waals surface area contributed by atoms with Crippen molar-refractivity contribution in [3.05, 3.63) is 23.0 Å². The van der Waals surface area contributed by atoms with E-state index in [1.165, 1.54) is 17.0 Å². The fourth-order valence-corrected chi connectivity index (χ4v) is 1.42. The number of hydrogen-bond acceptors (Lipinski definition) is 2. The van der Waals surface area contributed by atoms with E-state index in [4.69, 9.17) is 10.5 Å². The Morgan fingerprint density at radius 2 is 2.45 bits per heavy atom. The summed E-state index contributed by atoms with van der Waals surface area (Å²) in [6, 6.07) is 2.15. The molecule has 2 rings (SSSR count). The fourth-order valence-electron chi connectivity index (χ4n) is 1.42. The quantitative estimate of drug-likeness (QED) is 0.650. The van der Waals surface area contributed by atoms with E-state index in [-0.39, 0.29) is 0 Å². The highest BCUT2D eigenvalue weighted by Gasteiger charge is 2.13. The Morgan fingerprint density at radius 3 is 3.18 bits per heavy atom. The van der Waals surface area contributed by atoms with Gasteiger partial charge in [0.05, 0.1) is 13.2 Å². The highest BCUT2D eigenvalue weighted by atomic mass is 16.5. The Hall–Kier alpha value is -0.800. The number of ether oxygens (including phenoxy) is 1. The molecule has 3 heteroatoms. The van der Waals surface area contributed by atoms with Gasteiger partial charge in [-0.3, -0.25) is 0 Å². The molecule has 0 aliphatic carbocycles. The van der Waals surface area contributed by atoms with Gasteiger partial charge in [-0.1, -0.05) is 0 Å². The van der Waals surface area contributed by atoms with Crippen LogP contribution < -0.4 is 5.73 Å². The zero-order valence-corrected chi connectivity index (χ0v) is 6.39. The topological polar surface area (TPSA) is 51.0 Å². The average molecular weight is 152 g/mol. The number of H-pyrrole nitrogens is 1. The van der Waals surface area contributed by atoms with Gasteiger partial charge in [0.15, 0.2) is 0 Å². The van der Waals surface area contributed by atoms with Crippen LogP contribution in [-0.4, -0.2) is 11.5 Å². The second-order valence-electron chi connectivity index (χ2n) is 2.83. The van der Waals surface area contributed by atoms with E-state index in [1.807, 2.05) is 0 Å². The van der Waals surface area contributed by atoms with E-state index in [0.29, 0.717) is 6.54 Å². The minimum absolute atomic E-state index is 0.709. The van der Waals surface area contributed by atoms with E-state index in [1.54, 1.807) is 0 Å². The van der Waals surface area contributed by atoms with Crippen LogP contribution in [0.25, 0.3) is 0 Å². The predicted molar refractivity (Wildman–Crippen MR) is 42.0 cm³/mol. The first-order valence-corrected chi connectivity index (χ1v) is 3.87. The van der Waals surface area contributed by atoms with E-state index >= 15 is 0 Å². The van der Waals surface area contributed by atoms with Crippen LogP contribution >= 0.6 is 0 Å². The minimum atomic E-state index is 0.709. The zero-order valence-electron chi connectivity index (χ0n) is 6.39. The number of nitrogens with two attached hydrogens (primary N) is 1. The molecule has 0 amide bonds. The van der Waals surface area contributed by atoms with Gasteiger partial charge in [-0.05, 0) is 19.0 Å². The normalized spacial score (nSPS) is 15.4. The molecular weight excluding hydrogens is 140 g/mol. The van der Waals surface area contributed by atoms with Gasteiger partial charge in [0.1, 0.15) is 0 Å². The third-order valence-electron chi connectivity index (χ3n) is 1.97. The molecule has 0 bridgehead atoms. The van der Waals surface area contributed by atoms with Crippen LogP contribution in [0.15, 0.2) is 6.07 Å². The van der Waals surface area contributed by atoms with Crippen molar-refractivity contribution in [2.75, 3.05) is 6.54 Å². The largest absolute Gasteiger partial charge is 0.370 e. The number of aromatic amines is 1. The van der Waals surface area contributed by atoms with Crippen molar-refractivity contribution in [3.8, 4) is 0 Å². The van der Waals surface area contributed by atoms with E-state index < -0.39 is 0 Å². The monoisotopic (exact) mass is 152 g/mol. The molecule has 1 aliphatic heterocycles. The Morgan fingerprint density at radius 1 is 1.55 bits per heavy atom. The second kappa shape index (κ2) is 2.68. The number of hydrogen-bond donors (Lipinski definition) is 2. The lowest BCUT2D eigenvalue weighted by Crippen LogP contribution is -2.03. The van der Waals surface area contributed by atoms with Gasteiger partial charge in [0, 0.05) is 17.0 Å². The van der Waals surface area contributed by atoms with E-state index in [2.05, 4.69) is 11.1 Å². The van der Waals surface area contributed by atoms with Crippen LogP contribution in [-0.2, 0) is 24.4 Å². The lowest BCUT2D eigenvalue weighted by Gasteiger charge is -1.93. The van der Waals surface area contributed by atoms with Crippen LogP contribution in [0, 0.1) is 0 Å². The van der Waals surface area contributed by atoms with Gasteiger partial charge in [-0.2, -0.15) is 0 Å². The summed E-state index contributed by atoms with van der Waals surface area (Å²) in [6.45, 7) is 2.20. The standard InChI is InChI=1S/C8H12N2O/c9-2-1-7-3-6-4-11-5-8(6)10-7/h3,10H,1-2,4-5,9H2. The Kier molecular flexibility index (Phi) is 1.68. The third kappa shape index (κ3) is 1.17. The second-order valence-corrected chi connectivity index (χ2v) is 2.83. The molecule has 0 atom stereocenters. The molecule has 1 aromatic heterocycles. The predicted octanol–water partition coefficient (Wildman–Crippen LogP) is 0.546. The summed E-state index contributed by atoms with van der Waals surface area (Å²) in [5.41, 5.74) is 9.19. The maximum absolute atomic E-state index is 5.43.